The van der Waals surface area contributed by atoms with Crippen LogP contribution in [-0.4, -0.2) is 11.7 Å². The Hall–Kier alpha value is -1.02. The first kappa shape index (κ1) is 8.30. The molecule has 74 valence electrons. The molecule has 2 aliphatic heterocycles. The number of fused-ring (bicyclic) bond motifs is 2. The summed E-state index contributed by atoms with van der Waals surface area (Å²) in [6, 6.07) is 7.72. The number of phenolic OH excluding ortho intramolecular Hbond substituents is 1. The lowest BCUT2D eigenvalue weighted by Gasteiger charge is -2.53. The summed E-state index contributed by atoms with van der Waals surface area (Å²) in [6.07, 6.45) is 3.70. The SMILES string of the molecule is Oc1ccccc1C12CC(CCN1)C2. The lowest BCUT2D eigenvalue weighted by molar-refractivity contribution is 0.0481. The summed E-state index contributed by atoms with van der Waals surface area (Å²) in [4.78, 5) is 0. The van der Waals surface area contributed by atoms with E-state index in [9.17, 15) is 5.11 Å². The lowest BCUT2D eigenvalue weighted by atomic mass is 9.61. The van der Waals surface area contributed by atoms with Gasteiger partial charge in [-0.15, -0.1) is 0 Å². The summed E-state index contributed by atoms with van der Waals surface area (Å²) < 4.78 is 0. The highest BCUT2D eigenvalue weighted by Crippen LogP contribution is 2.51. The Bertz CT molecular complexity index is 350. The van der Waals surface area contributed by atoms with Crippen LogP contribution in [0.3, 0.4) is 0 Å². The van der Waals surface area contributed by atoms with Crippen molar-refractivity contribution in [3.63, 3.8) is 0 Å². The van der Waals surface area contributed by atoms with Gasteiger partial charge in [-0.3, -0.25) is 0 Å². The van der Waals surface area contributed by atoms with Crippen molar-refractivity contribution >= 4 is 0 Å². The molecule has 2 bridgehead atoms. The molecule has 0 unspecified atom stereocenters. The lowest BCUT2D eigenvalue weighted by Crippen LogP contribution is -2.57. The van der Waals surface area contributed by atoms with Gasteiger partial charge >= 0.3 is 0 Å². The highest BCUT2D eigenvalue weighted by molar-refractivity contribution is 5.40. The first-order valence-corrected chi connectivity index (χ1v) is 5.34. The molecule has 0 radical (unpaired) electrons. The minimum absolute atomic E-state index is 0.105. The molecule has 2 N–H and O–H groups in total. The van der Waals surface area contributed by atoms with Crippen LogP contribution >= 0.6 is 0 Å². The van der Waals surface area contributed by atoms with Crippen molar-refractivity contribution in [1.29, 1.82) is 0 Å². The molecular formula is C12H15NO. The minimum atomic E-state index is 0.105. The fourth-order valence-electron chi connectivity index (χ4n) is 2.98. The van der Waals surface area contributed by atoms with Crippen molar-refractivity contribution in [2.24, 2.45) is 5.92 Å². The summed E-state index contributed by atoms with van der Waals surface area (Å²) in [5.41, 5.74) is 1.20. The summed E-state index contributed by atoms with van der Waals surface area (Å²) in [6.45, 7) is 1.10. The first-order chi connectivity index (χ1) is 6.80. The number of nitrogens with one attached hydrogen (secondary N) is 1. The number of hydrogen-bond donors (Lipinski definition) is 2. The van der Waals surface area contributed by atoms with Crippen LogP contribution in [0.4, 0.5) is 0 Å². The molecule has 3 fully saturated rings. The third-order valence-corrected chi connectivity index (χ3v) is 3.71. The third kappa shape index (κ3) is 1.01. The Balaban J connectivity index is 1.99. The second-order valence-electron chi connectivity index (χ2n) is 4.59. The van der Waals surface area contributed by atoms with Crippen LogP contribution < -0.4 is 5.32 Å². The van der Waals surface area contributed by atoms with Gasteiger partial charge in [-0.2, -0.15) is 0 Å². The maximum absolute atomic E-state index is 9.81. The molecule has 2 heterocycles. The zero-order valence-corrected chi connectivity index (χ0v) is 8.16. The van der Waals surface area contributed by atoms with Crippen LogP contribution in [0.5, 0.6) is 5.75 Å². The summed E-state index contributed by atoms with van der Waals surface area (Å²) in [5.74, 6) is 1.33. The van der Waals surface area contributed by atoms with E-state index in [2.05, 4.69) is 5.32 Å². The Labute approximate surface area is 84.0 Å². The van der Waals surface area contributed by atoms with Gasteiger partial charge in [-0.1, -0.05) is 18.2 Å². The molecule has 0 amide bonds. The molecule has 4 rings (SSSR count). The number of piperidine rings is 2. The molecule has 3 aliphatic rings. The normalized spacial score (nSPS) is 35.0. The van der Waals surface area contributed by atoms with Gasteiger partial charge in [0.2, 0.25) is 0 Å². The molecule has 1 saturated carbocycles. The van der Waals surface area contributed by atoms with Crippen LogP contribution in [0.2, 0.25) is 0 Å². The smallest absolute Gasteiger partial charge is 0.120 e. The van der Waals surface area contributed by atoms with Gasteiger partial charge in [-0.05, 0) is 37.8 Å². The van der Waals surface area contributed by atoms with Gasteiger partial charge in [0.25, 0.3) is 0 Å². The average molecular weight is 189 g/mol. The van der Waals surface area contributed by atoms with Gasteiger partial charge in [0, 0.05) is 11.1 Å². The van der Waals surface area contributed by atoms with Crippen molar-refractivity contribution in [3.05, 3.63) is 29.8 Å². The fraction of sp³-hybridized carbons (Fsp3) is 0.500. The average Bonchev–Trinajstić information content (AvgIpc) is 2.18. The number of phenols is 1. The van der Waals surface area contributed by atoms with Crippen molar-refractivity contribution in [2.45, 2.75) is 24.8 Å². The molecule has 2 heteroatoms. The topological polar surface area (TPSA) is 32.3 Å². The number of benzene rings is 1. The van der Waals surface area contributed by atoms with E-state index in [4.69, 9.17) is 0 Å². The molecule has 1 aromatic rings. The number of para-hydroxylation sites is 1. The fourth-order valence-corrected chi connectivity index (χ4v) is 2.98. The second-order valence-corrected chi connectivity index (χ2v) is 4.59. The predicted molar refractivity (Wildman–Crippen MR) is 55.1 cm³/mol. The zero-order chi connectivity index (χ0) is 9.60. The van der Waals surface area contributed by atoms with Crippen molar-refractivity contribution in [2.75, 3.05) is 6.54 Å². The first-order valence-electron chi connectivity index (χ1n) is 5.34. The van der Waals surface area contributed by atoms with Gasteiger partial charge in [0.15, 0.2) is 0 Å². The van der Waals surface area contributed by atoms with Gasteiger partial charge < -0.3 is 10.4 Å². The van der Waals surface area contributed by atoms with Crippen LogP contribution in [0.25, 0.3) is 0 Å². The minimum Gasteiger partial charge on any atom is -0.508 e. The summed E-state index contributed by atoms with van der Waals surface area (Å²) in [7, 11) is 0. The Morgan fingerprint density at radius 3 is 2.71 bits per heavy atom. The molecule has 2 saturated heterocycles. The van der Waals surface area contributed by atoms with Gasteiger partial charge in [0.1, 0.15) is 5.75 Å². The molecule has 0 atom stereocenters. The molecule has 0 spiro atoms. The molecule has 14 heavy (non-hydrogen) atoms. The molecular weight excluding hydrogens is 174 g/mol. The Morgan fingerprint density at radius 1 is 1.29 bits per heavy atom. The molecule has 1 aliphatic carbocycles. The maximum Gasteiger partial charge on any atom is 0.120 e. The Morgan fingerprint density at radius 2 is 2.07 bits per heavy atom. The van der Waals surface area contributed by atoms with Crippen LogP contribution in [0, 0.1) is 5.92 Å². The standard InChI is InChI=1S/C12H15NO/c14-11-4-2-1-3-10(11)12-7-9(8-12)5-6-13-12/h1-4,9,13-14H,5-8H2. The van der Waals surface area contributed by atoms with Crippen molar-refractivity contribution < 1.29 is 5.11 Å². The molecule has 1 aromatic carbocycles. The molecule has 2 nitrogen and oxygen atoms in total. The largest absolute Gasteiger partial charge is 0.508 e. The highest BCUT2D eigenvalue weighted by Gasteiger charge is 2.48. The predicted octanol–water partition coefficient (Wildman–Crippen LogP) is 1.99. The maximum atomic E-state index is 9.81. The van der Waals surface area contributed by atoms with Crippen molar-refractivity contribution in [1.82, 2.24) is 5.32 Å². The Kier molecular flexibility index (Phi) is 1.62. The van der Waals surface area contributed by atoms with Crippen LogP contribution in [-0.2, 0) is 5.54 Å². The number of rotatable bonds is 1. The highest BCUT2D eigenvalue weighted by atomic mass is 16.3. The quantitative estimate of drug-likeness (QED) is 0.708. The van der Waals surface area contributed by atoms with E-state index in [-0.39, 0.29) is 5.54 Å². The van der Waals surface area contributed by atoms with E-state index in [1.54, 1.807) is 6.07 Å². The van der Waals surface area contributed by atoms with E-state index in [0.717, 1.165) is 18.0 Å². The van der Waals surface area contributed by atoms with Crippen molar-refractivity contribution in [3.8, 4) is 5.75 Å². The van der Waals surface area contributed by atoms with E-state index < -0.39 is 0 Å². The number of aromatic hydroxyl groups is 1. The number of hydrogen-bond acceptors (Lipinski definition) is 2. The van der Waals surface area contributed by atoms with E-state index in [1.807, 2.05) is 18.2 Å². The molecule has 0 aromatic heterocycles. The zero-order valence-electron chi connectivity index (χ0n) is 8.16. The van der Waals surface area contributed by atoms with E-state index >= 15 is 0 Å². The summed E-state index contributed by atoms with van der Waals surface area (Å²) >= 11 is 0. The second kappa shape index (κ2) is 2.74. The summed E-state index contributed by atoms with van der Waals surface area (Å²) in [5, 5.41) is 13.4. The van der Waals surface area contributed by atoms with Crippen LogP contribution in [0.15, 0.2) is 24.3 Å². The monoisotopic (exact) mass is 189 g/mol. The van der Waals surface area contributed by atoms with Gasteiger partial charge in [-0.25, -0.2) is 0 Å². The van der Waals surface area contributed by atoms with Crippen LogP contribution in [0.1, 0.15) is 24.8 Å². The van der Waals surface area contributed by atoms with Gasteiger partial charge in [0.05, 0.1) is 0 Å². The van der Waals surface area contributed by atoms with E-state index in [0.29, 0.717) is 5.75 Å². The van der Waals surface area contributed by atoms with E-state index in [1.165, 1.54) is 19.3 Å². The third-order valence-electron chi connectivity index (χ3n) is 3.71.